The fourth-order valence-corrected chi connectivity index (χ4v) is 2.86. The maximum Gasteiger partial charge on any atom is 0.256 e. The summed E-state index contributed by atoms with van der Waals surface area (Å²) in [6, 6.07) is 17.2. The molecule has 3 rings (SSSR count). The number of rotatable bonds is 5. The number of nitrogens with zero attached hydrogens (tertiary/aromatic N) is 2. The lowest BCUT2D eigenvalue weighted by Gasteiger charge is -2.05. The maximum atomic E-state index is 12.9. The van der Waals surface area contributed by atoms with E-state index < -0.39 is 0 Å². The van der Waals surface area contributed by atoms with E-state index in [0.29, 0.717) is 17.1 Å². The van der Waals surface area contributed by atoms with E-state index in [9.17, 15) is 9.18 Å². The number of aryl methyl sites for hydroxylation is 1. The van der Waals surface area contributed by atoms with Gasteiger partial charge in [-0.1, -0.05) is 41.6 Å². The molecule has 4 nitrogen and oxygen atoms in total. The molecule has 0 unspecified atom stereocenters. The van der Waals surface area contributed by atoms with Crippen LogP contribution in [0, 0.1) is 12.7 Å². The van der Waals surface area contributed by atoms with Crippen LogP contribution in [0.15, 0.2) is 65.7 Å². The predicted molar refractivity (Wildman–Crippen MR) is 97.1 cm³/mol. The first-order chi connectivity index (χ1) is 12.1. The molecule has 1 amide bonds. The van der Waals surface area contributed by atoms with Crippen molar-refractivity contribution < 1.29 is 9.18 Å². The van der Waals surface area contributed by atoms with Crippen molar-refractivity contribution in [3.63, 3.8) is 0 Å². The Morgan fingerprint density at radius 3 is 2.36 bits per heavy atom. The Hall–Kier alpha value is -2.73. The molecule has 0 atom stereocenters. The van der Waals surface area contributed by atoms with Crippen molar-refractivity contribution in [1.29, 1.82) is 0 Å². The number of halogens is 1. The van der Waals surface area contributed by atoms with Crippen molar-refractivity contribution in [1.82, 2.24) is 10.2 Å². The first kappa shape index (κ1) is 17.1. The number of hydrogen-bond acceptors (Lipinski definition) is 4. The van der Waals surface area contributed by atoms with Crippen LogP contribution in [0.1, 0.15) is 21.5 Å². The number of amides is 1. The molecule has 0 saturated heterocycles. The Bertz CT molecular complexity index is 849. The number of nitrogens with one attached hydrogen (secondary N) is 1. The average Bonchev–Trinajstić information content (AvgIpc) is 2.63. The van der Waals surface area contributed by atoms with Crippen LogP contribution in [0.3, 0.4) is 0 Å². The zero-order valence-corrected chi connectivity index (χ0v) is 14.4. The SMILES string of the molecule is Cc1ccc(C(=O)Nc2ccc(SCc3ccc(F)cc3)nn2)cc1. The molecule has 0 aliphatic heterocycles. The number of benzene rings is 2. The molecule has 1 N–H and O–H groups in total. The predicted octanol–water partition coefficient (Wildman–Crippen LogP) is 4.47. The normalized spacial score (nSPS) is 10.5. The van der Waals surface area contributed by atoms with Crippen molar-refractivity contribution >= 4 is 23.5 Å². The van der Waals surface area contributed by atoms with Crippen LogP contribution in [0.25, 0.3) is 0 Å². The van der Waals surface area contributed by atoms with Crippen LogP contribution in [0.2, 0.25) is 0 Å². The minimum atomic E-state index is -0.248. The largest absolute Gasteiger partial charge is 0.305 e. The van der Waals surface area contributed by atoms with Gasteiger partial charge in [0.2, 0.25) is 0 Å². The molecule has 1 heterocycles. The smallest absolute Gasteiger partial charge is 0.256 e. The summed E-state index contributed by atoms with van der Waals surface area (Å²) in [6.45, 7) is 1.97. The average molecular weight is 353 g/mol. The summed E-state index contributed by atoms with van der Waals surface area (Å²) in [5.41, 5.74) is 2.67. The zero-order chi connectivity index (χ0) is 17.6. The first-order valence-electron chi connectivity index (χ1n) is 7.69. The minimum Gasteiger partial charge on any atom is -0.305 e. The summed E-state index contributed by atoms with van der Waals surface area (Å²) < 4.78 is 12.9. The highest BCUT2D eigenvalue weighted by molar-refractivity contribution is 7.98. The summed E-state index contributed by atoms with van der Waals surface area (Å²) in [5.74, 6) is 0.601. The Kier molecular flexibility index (Phi) is 5.40. The van der Waals surface area contributed by atoms with Gasteiger partial charge in [0, 0.05) is 11.3 Å². The Labute approximate surface area is 149 Å². The molecule has 0 aliphatic carbocycles. The number of carbonyl (C=O) groups is 1. The van der Waals surface area contributed by atoms with Gasteiger partial charge in [0.05, 0.1) is 0 Å². The van der Waals surface area contributed by atoms with Crippen LogP contribution >= 0.6 is 11.8 Å². The van der Waals surface area contributed by atoms with E-state index in [4.69, 9.17) is 0 Å². The van der Waals surface area contributed by atoms with E-state index in [2.05, 4.69) is 15.5 Å². The fraction of sp³-hybridized carbons (Fsp3) is 0.105. The van der Waals surface area contributed by atoms with Crippen LogP contribution in [-0.2, 0) is 5.75 Å². The lowest BCUT2D eigenvalue weighted by Crippen LogP contribution is -2.13. The highest BCUT2D eigenvalue weighted by Crippen LogP contribution is 2.21. The molecule has 25 heavy (non-hydrogen) atoms. The molecule has 2 aromatic carbocycles. The molecule has 0 spiro atoms. The van der Waals surface area contributed by atoms with Crippen LogP contribution in [0.5, 0.6) is 0 Å². The third kappa shape index (κ3) is 4.87. The summed E-state index contributed by atoms with van der Waals surface area (Å²) >= 11 is 1.50. The van der Waals surface area contributed by atoms with Gasteiger partial charge in [-0.15, -0.1) is 10.2 Å². The molecule has 0 bridgehead atoms. The molecule has 0 aliphatic rings. The van der Waals surface area contributed by atoms with Gasteiger partial charge >= 0.3 is 0 Å². The Balaban J connectivity index is 1.57. The number of hydrogen-bond donors (Lipinski definition) is 1. The topological polar surface area (TPSA) is 54.9 Å². The summed E-state index contributed by atoms with van der Waals surface area (Å²) in [7, 11) is 0. The number of aromatic nitrogens is 2. The fourth-order valence-electron chi connectivity index (χ4n) is 2.10. The molecule has 0 radical (unpaired) electrons. The third-order valence-corrected chi connectivity index (χ3v) is 4.49. The molecule has 0 fully saturated rings. The highest BCUT2D eigenvalue weighted by Gasteiger charge is 2.07. The van der Waals surface area contributed by atoms with Crippen molar-refractivity contribution in [3.8, 4) is 0 Å². The van der Waals surface area contributed by atoms with Gasteiger partial charge in [-0.3, -0.25) is 4.79 Å². The molecule has 1 aromatic heterocycles. The van der Waals surface area contributed by atoms with Crippen LogP contribution < -0.4 is 5.32 Å². The zero-order valence-electron chi connectivity index (χ0n) is 13.6. The Morgan fingerprint density at radius 1 is 1.00 bits per heavy atom. The molecule has 3 aromatic rings. The highest BCUT2D eigenvalue weighted by atomic mass is 32.2. The Morgan fingerprint density at radius 2 is 1.72 bits per heavy atom. The van der Waals surface area contributed by atoms with Crippen LogP contribution in [0.4, 0.5) is 10.2 Å². The summed E-state index contributed by atoms with van der Waals surface area (Å²) in [4.78, 5) is 12.1. The van der Waals surface area contributed by atoms with E-state index in [1.54, 1.807) is 36.4 Å². The van der Waals surface area contributed by atoms with Gasteiger partial charge in [0.25, 0.3) is 5.91 Å². The second kappa shape index (κ2) is 7.90. The van der Waals surface area contributed by atoms with E-state index in [0.717, 1.165) is 16.2 Å². The van der Waals surface area contributed by atoms with Gasteiger partial charge < -0.3 is 5.32 Å². The first-order valence-corrected chi connectivity index (χ1v) is 8.68. The molecular formula is C19H16FN3OS. The van der Waals surface area contributed by atoms with Gasteiger partial charge in [-0.2, -0.15) is 0 Å². The van der Waals surface area contributed by atoms with Gasteiger partial charge in [0.15, 0.2) is 5.82 Å². The molecule has 6 heteroatoms. The molecule has 0 saturated carbocycles. The van der Waals surface area contributed by atoms with Crippen molar-refractivity contribution in [2.45, 2.75) is 17.7 Å². The maximum absolute atomic E-state index is 12.9. The minimum absolute atomic E-state index is 0.221. The van der Waals surface area contributed by atoms with Crippen LogP contribution in [-0.4, -0.2) is 16.1 Å². The number of thioether (sulfide) groups is 1. The van der Waals surface area contributed by atoms with Gasteiger partial charge in [0.1, 0.15) is 10.8 Å². The van der Waals surface area contributed by atoms with Crippen molar-refractivity contribution in [2.75, 3.05) is 5.32 Å². The number of carbonyl (C=O) groups excluding carboxylic acids is 1. The summed E-state index contributed by atoms with van der Waals surface area (Å²) in [5, 5.41) is 11.6. The van der Waals surface area contributed by atoms with Crippen molar-refractivity contribution in [2.24, 2.45) is 0 Å². The lowest BCUT2D eigenvalue weighted by molar-refractivity contribution is 0.102. The van der Waals surface area contributed by atoms with Gasteiger partial charge in [-0.05, 0) is 48.9 Å². The number of anilines is 1. The van der Waals surface area contributed by atoms with E-state index in [1.807, 2.05) is 19.1 Å². The standard InChI is InChI=1S/C19H16FN3OS/c1-13-2-6-15(7-3-13)19(24)21-17-10-11-18(23-22-17)25-12-14-4-8-16(20)9-5-14/h2-11H,12H2,1H3,(H,21,22,24). The monoisotopic (exact) mass is 353 g/mol. The quantitative estimate of drug-likeness (QED) is 0.688. The van der Waals surface area contributed by atoms with E-state index >= 15 is 0 Å². The van der Waals surface area contributed by atoms with E-state index in [-0.39, 0.29) is 11.7 Å². The van der Waals surface area contributed by atoms with E-state index in [1.165, 1.54) is 23.9 Å². The summed E-state index contributed by atoms with van der Waals surface area (Å²) in [6.07, 6.45) is 0. The van der Waals surface area contributed by atoms with Gasteiger partial charge in [-0.25, -0.2) is 4.39 Å². The second-order valence-corrected chi connectivity index (χ2v) is 6.49. The molecular weight excluding hydrogens is 337 g/mol. The third-order valence-electron chi connectivity index (χ3n) is 3.50. The molecule has 126 valence electrons. The van der Waals surface area contributed by atoms with Crippen molar-refractivity contribution in [3.05, 3.63) is 83.2 Å². The second-order valence-electron chi connectivity index (χ2n) is 5.49. The lowest BCUT2D eigenvalue weighted by atomic mass is 10.1.